The number of halogens is 3. The van der Waals surface area contributed by atoms with Crippen molar-refractivity contribution >= 4 is 5.78 Å². The fraction of sp³-hybridized carbons (Fsp3) is 0.929. The van der Waals surface area contributed by atoms with E-state index in [0.717, 1.165) is 19.3 Å². The van der Waals surface area contributed by atoms with E-state index < -0.39 is 12.6 Å². The van der Waals surface area contributed by atoms with E-state index >= 15 is 0 Å². The molecule has 0 amide bonds. The lowest BCUT2D eigenvalue weighted by molar-refractivity contribution is -0.143. The fourth-order valence-electron chi connectivity index (χ4n) is 1.86. The normalized spacial score (nSPS) is 11.8. The van der Waals surface area contributed by atoms with Gasteiger partial charge in [-0.05, 0) is 6.42 Å². The van der Waals surface area contributed by atoms with Crippen LogP contribution in [-0.4, -0.2) is 12.0 Å². The van der Waals surface area contributed by atoms with Crippen LogP contribution in [0.5, 0.6) is 0 Å². The average Bonchev–Trinajstić information content (AvgIpc) is 2.29. The van der Waals surface area contributed by atoms with Crippen molar-refractivity contribution < 1.29 is 18.0 Å². The summed E-state index contributed by atoms with van der Waals surface area (Å²) < 4.78 is 35.6. The molecule has 0 N–H and O–H groups in total. The molecule has 0 aliphatic carbocycles. The summed E-state index contributed by atoms with van der Waals surface area (Å²) in [5.41, 5.74) is 0. The Bertz CT molecular complexity index is 212. The minimum absolute atomic E-state index is 0.252. The Morgan fingerprint density at radius 1 is 0.833 bits per heavy atom. The van der Waals surface area contributed by atoms with Crippen LogP contribution < -0.4 is 0 Å². The average molecular weight is 266 g/mol. The summed E-state index contributed by atoms with van der Waals surface area (Å²) in [4.78, 5) is 11.2. The van der Waals surface area contributed by atoms with E-state index in [4.69, 9.17) is 0 Å². The molecule has 0 rings (SSSR count). The number of Topliss-reactive ketones (excluding diaryl/α,β-unsaturated/α-hetero) is 1. The Hall–Kier alpha value is -0.540. The SMILES string of the molecule is CCCCCCCCCCC(=O)CCC(F)(F)F. The zero-order chi connectivity index (χ0) is 13.9. The first kappa shape index (κ1) is 17.5. The molecule has 0 aromatic heterocycles. The van der Waals surface area contributed by atoms with E-state index in [2.05, 4.69) is 6.92 Å². The van der Waals surface area contributed by atoms with Crippen LogP contribution in [0.2, 0.25) is 0 Å². The van der Waals surface area contributed by atoms with Crippen molar-refractivity contribution in [1.82, 2.24) is 0 Å². The van der Waals surface area contributed by atoms with Gasteiger partial charge in [0.2, 0.25) is 0 Å². The smallest absolute Gasteiger partial charge is 0.300 e. The summed E-state index contributed by atoms with van der Waals surface area (Å²) in [5.74, 6) is -0.252. The van der Waals surface area contributed by atoms with Crippen molar-refractivity contribution in [3.8, 4) is 0 Å². The van der Waals surface area contributed by atoms with Crippen molar-refractivity contribution in [3.05, 3.63) is 0 Å². The third-order valence-electron chi connectivity index (χ3n) is 3.00. The molecule has 0 unspecified atom stereocenters. The third-order valence-corrected chi connectivity index (χ3v) is 3.00. The van der Waals surface area contributed by atoms with Crippen LogP contribution in [0.3, 0.4) is 0 Å². The van der Waals surface area contributed by atoms with E-state index in [1.807, 2.05) is 0 Å². The van der Waals surface area contributed by atoms with Crippen LogP contribution >= 0.6 is 0 Å². The van der Waals surface area contributed by atoms with Crippen LogP contribution in [-0.2, 0) is 4.79 Å². The molecule has 0 bridgehead atoms. The second kappa shape index (κ2) is 10.4. The minimum atomic E-state index is -4.20. The maximum absolute atomic E-state index is 11.9. The highest BCUT2D eigenvalue weighted by Gasteiger charge is 2.27. The van der Waals surface area contributed by atoms with Gasteiger partial charge < -0.3 is 0 Å². The first-order valence-corrected chi connectivity index (χ1v) is 7.04. The topological polar surface area (TPSA) is 17.1 Å². The quantitative estimate of drug-likeness (QED) is 0.456. The van der Waals surface area contributed by atoms with E-state index in [9.17, 15) is 18.0 Å². The van der Waals surface area contributed by atoms with Gasteiger partial charge in [0.15, 0.2) is 0 Å². The Balaban J connectivity index is 3.25. The van der Waals surface area contributed by atoms with E-state index in [-0.39, 0.29) is 12.2 Å². The molecule has 108 valence electrons. The molecule has 0 aromatic rings. The predicted molar refractivity (Wildman–Crippen MR) is 67.5 cm³/mol. The van der Waals surface area contributed by atoms with Gasteiger partial charge in [0.05, 0.1) is 6.42 Å². The molecule has 0 saturated carbocycles. The molecule has 0 heterocycles. The molecule has 0 aromatic carbocycles. The molecule has 1 nitrogen and oxygen atoms in total. The van der Waals surface area contributed by atoms with Crippen molar-refractivity contribution in [2.75, 3.05) is 0 Å². The van der Waals surface area contributed by atoms with Gasteiger partial charge in [0.25, 0.3) is 0 Å². The number of ketones is 1. The number of carbonyl (C=O) groups is 1. The maximum Gasteiger partial charge on any atom is 0.389 e. The molecule has 0 spiro atoms. The fourth-order valence-corrected chi connectivity index (χ4v) is 1.86. The maximum atomic E-state index is 11.9. The Labute approximate surface area is 108 Å². The standard InChI is InChI=1S/C14H25F3O/c1-2-3-4-5-6-7-8-9-10-13(18)11-12-14(15,16)17/h2-12H2,1H3. The predicted octanol–water partition coefficient (Wildman–Crippen LogP) is 5.43. The van der Waals surface area contributed by atoms with Crippen molar-refractivity contribution in [3.63, 3.8) is 0 Å². The van der Waals surface area contributed by atoms with Gasteiger partial charge in [-0.25, -0.2) is 0 Å². The van der Waals surface area contributed by atoms with Crippen LogP contribution in [0.4, 0.5) is 13.2 Å². The number of hydrogen-bond acceptors (Lipinski definition) is 1. The van der Waals surface area contributed by atoms with Crippen molar-refractivity contribution in [2.45, 2.75) is 83.7 Å². The van der Waals surface area contributed by atoms with Gasteiger partial charge in [0, 0.05) is 12.8 Å². The highest BCUT2D eigenvalue weighted by Crippen LogP contribution is 2.22. The van der Waals surface area contributed by atoms with E-state index in [1.165, 1.54) is 32.1 Å². The molecule has 4 heteroatoms. The number of alkyl halides is 3. The lowest BCUT2D eigenvalue weighted by Gasteiger charge is -2.05. The Kier molecular flexibility index (Phi) is 10.1. The molecule has 0 atom stereocenters. The number of carbonyl (C=O) groups excluding carboxylic acids is 1. The number of unbranched alkanes of at least 4 members (excludes halogenated alkanes) is 7. The summed E-state index contributed by atoms with van der Waals surface area (Å²) in [6.07, 6.45) is 3.77. The largest absolute Gasteiger partial charge is 0.389 e. The van der Waals surface area contributed by atoms with Gasteiger partial charge in [0.1, 0.15) is 5.78 Å². The summed E-state index contributed by atoms with van der Waals surface area (Å²) >= 11 is 0. The highest BCUT2D eigenvalue weighted by atomic mass is 19.4. The van der Waals surface area contributed by atoms with Crippen molar-refractivity contribution in [1.29, 1.82) is 0 Å². The zero-order valence-electron chi connectivity index (χ0n) is 11.3. The second-order valence-electron chi connectivity index (χ2n) is 4.88. The van der Waals surface area contributed by atoms with E-state index in [0.29, 0.717) is 6.42 Å². The van der Waals surface area contributed by atoms with E-state index in [1.54, 1.807) is 0 Å². The van der Waals surface area contributed by atoms with Crippen LogP contribution in [0.15, 0.2) is 0 Å². The second-order valence-corrected chi connectivity index (χ2v) is 4.88. The molecular formula is C14H25F3O. The van der Waals surface area contributed by atoms with Crippen LogP contribution in [0.1, 0.15) is 77.6 Å². The molecular weight excluding hydrogens is 241 g/mol. The highest BCUT2D eigenvalue weighted by molar-refractivity contribution is 5.78. The van der Waals surface area contributed by atoms with Crippen molar-refractivity contribution in [2.24, 2.45) is 0 Å². The monoisotopic (exact) mass is 266 g/mol. The Morgan fingerprint density at radius 2 is 1.33 bits per heavy atom. The summed E-state index contributed by atoms with van der Waals surface area (Å²) in [5, 5.41) is 0. The first-order chi connectivity index (χ1) is 8.45. The summed E-state index contributed by atoms with van der Waals surface area (Å²) in [7, 11) is 0. The van der Waals surface area contributed by atoms with Crippen LogP contribution in [0.25, 0.3) is 0 Å². The lowest BCUT2D eigenvalue weighted by atomic mass is 10.0. The molecule has 0 fully saturated rings. The number of rotatable bonds is 11. The summed E-state index contributed by atoms with van der Waals surface area (Å²) in [6, 6.07) is 0. The Morgan fingerprint density at radius 3 is 1.83 bits per heavy atom. The van der Waals surface area contributed by atoms with Gasteiger partial charge in [-0.3, -0.25) is 4.79 Å². The molecule has 0 radical (unpaired) electrons. The number of hydrogen-bond donors (Lipinski definition) is 0. The van der Waals surface area contributed by atoms with Gasteiger partial charge in [-0.2, -0.15) is 13.2 Å². The minimum Gasteiger partial charge on any atom is -0.300 e. The molecule has 0 aliphatic rings. The lowest BCUT2D eigenvalue weighted by Crippen LogP contribution is -2.10. The van der Waals surface area contributed by atoms with Gasteiger partial charge >= 0.3 is 6.18 Å². The summed E-state index contributed by atoms with van der Waals surface area (Å²) in [6.45, 7) is 2.17. The molecule has 0 aliphatic heterocycles. The molecule has 0 saturated heterocycles. The van der Waals surface area contributed by atoms with Gasteiger partial charge in [-0.1, -0.05) is 51.9 Å². The van der Waals surface area contributed by atoms with Gasteiger partial charge in [-0.15, -0.1) is 0 Å². The third kappa shape index (κ3) is 13.5. The van der Waals surface area contributed by atoms with Crippen LogP contribution in [0, 0.1) is 0 Å². The molecule has 18 heavy (non-hydrogen) atoms. The first-order valence-electron chi connectivity index (χ1n) is 7.04. The zero-order valence-corrected chi connectivity index (χ0v) is 11.3.